The molecule has 2 heterocycles. The van der Waals surface area contributed by atoms with Crippen LogP contribution in [0.3, 0.4) is 0 Å². The van der Waals surface area contributed by atoms with Gasteiger partial charge in [-0.1, -0.05) is 0 Å². The average Bonchev–Trinajstić information content (AvgIpc) is 2.70. The minimum atomic E-state index is 0.568. The summed E-state index contributed by atoms with van der Waals surface area (Å²) in [6.45, 7) is 2.16. The predicted molar refractivity (Wildman–Crippen MR) is 64.4 cm³/mol. The maximum Gasteiger partial charge on any atom is 0.145 e. The van der Waals surface area contributed by atoms with E-state index in [0.717, 1.165) is 22.5 Å². The van der Waals surface area contributed by atoms with Crippen molar-refractivity contribution in [3.05, 3.63) is 16.1 Å². The predicted octanol–water partition coefficient (Wildman–Crippen LogP) is 0.879. The van der Waals surface area contributed by atoms with Gasteiger partial charge in [0.05, 0.1) is 3.57 Å². The maximum absolute atomic E-state index is 4.30. The lowest BCUT2D eigenvalue weighted by molar-refractivity contribution is 0.675. The molecule has 1 N–H and O–H groups in total. The summed E-state index contributed by atoms with van der Waals surface area (Å²) in [6, 6.07) is 0.568. The topological polar surface area (TPSA) is 41.1 Å². The fourth-order valence-electron chi connectivity index (χ4n) is 1.71. The molecule has 1 aliphatic heterocycles. The molecule has 1 aromatic heterocycles. The summed E-state index contributed by atoms with van der Waals surface area (Å²) in [5, 5.41) is 3.35. The molecular weight excluding hydrogens is 291 g/mol. The summed E-state index contributed by atoms with van der Waals surface area (Å²) in [5.74, 6) is 1.04. The van der Waals surface area contributed by atoms with E-state index in [1.54, 1.807) is 6.33 Å². The molecular formula is C9H13IN4. The van der Waals surface area contributed by atoms with Crippen LogP contribution in [0.5, 0.6) is 0 Å². The van der Waals surface area contributed by atoms with E-state index in [0.29, 0.717) is 6.04 Å². The van der Waals surface area contributed by atoms with Gasteiger partial charge in [0.1, 0.15) is 12.1 Å². The zero-order valence-corrected chi connectivity index (χ0v) is 10.2. The van der Waals surface area contributed by atoms with E-state index >= 15 is 0 Å². The van der Waals surface area contributed by atoms with E-state index in [-0.39, 0.29) is 0 Å². The van der Waals surface area contributed by atoms with Gasteiger partial charge in [0, 0.05) is 25.8 Å². The molecule has 1 saturated heterocycles. The lowest BCUT2D eigenvalue weighted by Gasteiger charge is -2.25. The molecule has 0 saturated carbocycles. The van der Waals surface area contributed by atoms with Gasteiger partial charge in [0.25, 0.3) is 0 Å². The molecule has 1 aliphatic rings. The van der Waals surface area contributed by atoms with Crippen LogP contribution in [0, 0.1) is 3.57 Å². The fraction of sp³-hybridized carbons (Fsp3) is 0.556. The van der Waals surface area contributed by atoms with Gasteiger partial charge < -0.3 is 10.2 Å². The number of nitrogens with zero attached hydrogens (tertiary/aromatic N) is 3. The lowest BCUT2D eigenvalue weighted by atomic mass is 10.2. The molecule has 76 valence electrons. The number of anilines is 1. The van der Waals surface area contributed by atoms with Gasteiger partial charge in [-0.15, -0.1) is 0 Å². The van der Waals surface area contributed by atoms with Gasteiger partial charge in [-0.05, 0) is 35.6 Å². The third kappa shape index (κ3) is 1.98. The highest BCUT2D eigenvalue weighted by Gasteiger charge is 2.21. The first kappa shape index (κ1) is 10.1. The van der Waals surface area contributed by atoms with Crippen LogP contribution in [0.1, 0.15) is 6.42 Å². The summed E-state index contributed by atoms with van der Waals surface area (Å²) in [5.41, 5.74) is 0. The molecule has 1 atom stereocenters. The van der Waals surface area contributed by atoms with Crippen molar-refractivity contribution >= 4 is 28.4 Å². The van der Waals surface area contributed by atoms with Crippen molar-refractivity contribution in [2.45, 2.75) is 12.5 Å². The molecule has 5 heteroatoms. The van der Waals surface area contributed by atoms with Crippen molar-refractivity contribution in [2.75, 3.05) is 25.0 Å². The van der Waals surface area contributed by atoms with Crippen LogP contribution in [-0.4, -0.2) is 36.1 Å². The van der Waals surface area contributed by atoms with Gasteiger partial charge in [0.2, 0.25) is 0 Å². The Morgan fingerprint density at radius 1 is 1.64 bits per heavy atom. The highest BCUT2D eigenvalue weighted by molar-refractivity contribution is 14.1. The Bertz CT molecular complexity index is 311. The van der Waals surface area contributed by atoms with Crippen LogP contribution in [-0.2, 0) is 0 Å². The summed E-state index contributed by atoms with van der Waals surface area (Å²) in [6.07, 6.45) is 4.65. The molecule has 1 aromatic rings. The Morgan fingerprint density at radius 3 is 3.14 bits per heavy atom. The van der Waals surface area contributed by atoms with Crippen molar-refractivity contribution < 1.29 is 0 Å². The number of rotatable bonds is 2. The van der Waals surface area contributed by atoms with Gasteiger partial charge in [0.15, 0.2) is 0 Å². The molecule has 0 aliphatic carbocycles. The van der Waals surface area contributed by atoms with Crippen LogP contribution >= 0.6 is 22.6 Å². The molecule has 0 bridgehead atoms. The molecule has 14 heavy (non-hydrogen) atoms. The lowest BCUT2D eigenvalue weighted by Crippen LogP contribution is -2.34. The van der Waals surface area contributed by atoms with Gasteiger partial charge in [-0.25, -0.2) is 9.97 Å². The highest BCUT2D eigenvalue weighted by atomic mass is 127. The van der Waals surface area contributed by atoms with Crippen molar-refractivity contribution in [3.63, 3.8) is 0 Å². The molecule has 4 nitrogen and oxygen atoms in total. The minimum Gasteiger partial charge on any atom is -0.354 e. The quantitative estimate of drug-likeness (QED) is 0.824. The van der Waals surface area contributed by atoms with E-state index in [9.17, 15) is 0 Å². The molecule has 1 unspecified atom stereocenters. The molecule has 2 rings (SSSR count). The number of hydrogen-bond donors (Lipinski definition) is 1. The minimum absolute atomic E-state index is 0.568. The van der Waals surface area contributed by atoms with Crippen molar-refractivity contribution in [2.24, 2.45) is 0 Å². The van der Waals surface area contributed by atoms with E-state index in [1.807, 2.05) is 6.20 Å². The third-order valence-electron chi connectivity index (χ3n) is 2.56. The number of likely N-dealkylation sites (N-methyl/N-ethyl adjacent to an activating group) is 1. The first-order chi connectivity index (χ1) is 6.79. The zero-order chi connectivity index (χ0) is 9.97. The maximum atomic E-state index is 4.30. The summed E-state index contributed by atoms with van der Waals surface area (Å²) < 4.78 is 1.11. The second-order valence-corrected chi connectivity index (χ2v) is 4.61. The zero-order valence-electron chi connectivity index (χ0n) is 8.07. The third-order valence-corrected chi connectivity index (χ3v) is 3.33. The molecule has 0 amide bonds. The van der Waals surface area contributed by atoms with Gasteiger partial charge in [-0.2, -0.15) is 0 Å². The van der Waals surface area contributed by atoms with Crippen molar-refractivity contribution in [1.29, 1.82) is 0 Å². The second-order valence-electron chi connectivity index (χ2n) is 3.45. The normalized spacial score (nSPS) is 21.1. The van der Waals surface area contributed by atoms with Crippen LogP contribution < -0.4 is 10.2 Å². The Kier molecular flexibility index (Phi) is 3.17. The Labute approximate surface area is 97.3 Å². The number of halogens is 1. The highest BCUT2D eigenvalue weighted by Crippen LogP contribution is 2.20. The number of hydrogen-bond acceptors (Lipinski definition) is 4. The van der Waals surface area contributed by atoms with Crippen LogP contribution in [0.15, 0.2) is 12.5 Å². The smallest absolute Gasteiger partial charge is 0.145 e. The Hall–Kier alpha value is -0.430. The average molecular weight is 304 g/mol. The monoisotopic (exact) mass is 304 g/mol. The fourth-order valence-corrected chi connectivity index (χ4v) is 2.39. The van der Waals surface area contributed by atoms with Gasteiger partial charge >= 0.3 is 0 Å². The summed E-state index contributed by atoms with van der Waals surface area (Å²) in [4.78, 5) is 10.5. The van der Waals surface area contributed by atoms with E-state index in [2.05, 4.69) is 49.8 Å². The first-order valence-corrected chi connectivity index (χ1v) is 5.76. The van der Waals surface area contributed by atoms with E-state index in [4.69, 9.17) is 0 Å². The Balaban J connectivity index is 2.17. The van der Waals surface area contributed by atoms with Crippen molar-refractivity contribution in [1.82, 2.24) is 15.3 Å². The molecule has 1 fully saturated rings. The summed E-state index contributed by atoms with van der Waals surface area (Å²) in [7, 11) is 2.10. The molecule has 0 radical (unpaired) electrons. The number of nitrogens with one attached hydrogen (secondary N) is 1. The van der Waals surface area contributed by atoms with Crippen LogP contribution in [0.25, 0.3) is 0 Å². The summed E-state index contributed by atoms with van der Waals surface area (Å²) >= 11 is 2.27. The standard InChI is InChI=1S/C9H13IN4/c1-14(7-2-3-11-4-7)9-8(10)5-12-6-13-9/h5-7,11H,2-4H2,1H3. The largest absolute Gasteiger partial charge is 0.354 e. The second kappa shape index (κ2) is 4.39. The van der Waals surface area contributed by atoms with E-state index < -0.39 is 0 Å². The number of aromatic nitrogens is 2. The first-order valence-electron chi connectivity index (χ1n) is 4.68. The molecule has 0 aromatic carbocycles. The molecule has 0 spiro atoms. The van der Waals surface area contributed by atoms with E-state index in [1.165, 1.54) is 6.42 Å². The SMILES string of the molecule is CN(c1ncncc1I)C1CCNC1. The van der Waals surface area contributed by atoms with Crippen molar-refractivity contribution in [3.8, 4) is 0 Å². The van der Waals surface area contributed by atoms with Gasteiger partial charge in [-0.3, -0.25) is 0 Å². The van der Waals surface area contributed by atoms with Crippen LogP contribution in [0.4, 0.5) is 5.82 Å². The Morgan fingerprint density at radius 2 is 2.50 bits per heavy atom. The van der Waals surface area contributed by atoms with Crippen LogP contribution in [0.2, 0.25) is 0 Å².